The van der Waals surface area contributed by atoms with E-state index in [-0.39, 0.29) is 12.6 Å². The van der Waals surface area contributed by atoms with Crippen LogP contribution >= 0.6 is 0 Å². The molecule has 0 amide bonds. The van der Waals surface area contributed by atoms with Crippen LogP contribution in [0.2, 0.25) is 0 Å². The molecule has 0 saturated heterocycles. The van der Waals surface area contributed by atoms with Gasteiger partial charge in [0.25, 0.3) is 0 Å². The number of rotatable bonds is 7. The van der Waals surface area contributed by atoms with Crippen LogP contribution in [0.25, 0.3) is 0 Å². The Morgan fingerprint density at radius 1 is 1.11 bits per heavy atom. The predicted octanol–water partition coefficient (Wildman–Crippen LogP) is 2.69. The van der Waals surface area contributed by atoms with E-state index in [0.29, 0.717) is 0 Å². The molecule has 1 unspecified atom stereocenters. The van der Waals surface area contributed by atoms with E-state index >= 15 is 0 Å². The Bertz CT molecular complexity index is 459. The number of pyridine rings is 1. The molecule has 0 bridgehead atoms. The van der Waals surface area contributed by atoms with Crippen LogP contribution in [0.3, 0.4) is 0 Å². The molecule has 100 valence electrons. The standard InChI is InChI=1S/C16H20N2O/c19-11-5-9-16(15-7-2-1-3-8-15)18-13-14-6-4-10-17-12-14/h1-4,6-8,10,12,16,18-19H,5,9,11,13H2. The van der Waals surface area contributed by atoms with E-state index < -0.39 is 0 Å². The molecule has 1 heterocycles. The molecule has 0 aliphatic carbocycles. The van der Waals surface area contributed by atoms with Gasteiger partial charge in [-0.3, -0.25) is 4.98 Å². The van der Waals surface area contributed by atoms with E-state index in [1.54, 1.807) is 6.20 Å². The van der Waals surface area contributed by atoms with E-state index in [9.17, 15) is 0 Å². The van der Waals surface area contributed by atoms with Crippen molar-refractivity contribution in [2.45, 2.75) is 25.4 Å². The molecular formula is C16H20N2O. The van der Waals surface area contributed by atoms with Crippen LogP contribution in [0.5, 0.6) is 0 Å². The van der Waals surface area contributed by atoms with Crippen LogP contribution in [0.4, 0.5) is 0 Å². The van der Waals surface area contributed by atoms with Crippen LogP contribution < -0.4 is 5.32 Å². The summed E-state index contributed by atoms with van der Waals surface area (Å²) in [6.07, 6.45) is 5.39. The average Bonchev–Trinajstić information content (AvgIpc) is 2.49. The fraction of sp³-hybridized carbons (Fsp3) is 0.312. The van der Waals surface area contributed by atoms with Gasteiger partial charge in [0.2, 0.25) is 0 Å². The van der Waals surface area contributed by atoms with Crippen molar-refractivity contribution in [3.8, 4) is 0 Å². The summed E-state index contributed by atoms with van der Waals surface area (Å²) in [6, 6.07) is 14.6. The number of aliphatic hydroxyl groups is 1. The maximum Gasteiger partial charge on any atom is 0.0431 e. The topological polar surface area (TPSA) is 45.1 Å². The molecule has 0 aliphatic rings. The van der Waals surface area contributed by atoms with Crippen molar-refractivity contribution in [2.75, 3.05) is 6.61 Å². The fourth-order valence-electron chi connectivity index (χ4n) is 2.11. The molecule has 1 aromatic heterocycles. The van der Waals surface area contributed by atoms with Crippen molar-refractivity contribution < 1.29 is 5.11 Å². The summed E-state index contributed by atoms with van der Waals surface area (Å²) < 4.78 is 0. The molecule has 0 radical (unpaired) electrons. The second-order valence-corrected chi connectivity index (χ2v) is 4.57. The molecule has 3 nitrogen and oxygen atoms in total. The molecule has 0 fully saturated rings. The minimum Gasteiger partial charge on any atom is -0.396 e. The Morgan fingerprint density at radius 3 is 2.63 bits per heavy atom. The third-order valence-corrected chi connectivity index (χ3v) is 3.13. The molecule has 3 heteroatoms. The van der Waals surface area contributed by atoms with Crippen molar-refractivity contribution in [1.82, 2.24) is 10.3 Å². The first-order valence-electron chi connectivity index (χ1n) is 6.68. The predicted molar refractivity (Wildman–Crippen MR) is 76.6 cm³/mol. The van der Waals surface area contributed by atoms with Gasteiger partial charge in [0.05, 0.1) is 0 Å². The van der Waals surface area contributed by atoms with Gasteiger partial charge >= 0.3 is 0 Å². The number of hydrogen-bond donors (Lipinski definition) is 2. The summed E-state index contributed by atoms with van der Waals surface area (Å²) >= 11 is 0. The summed E-state index contributed by atoms with van der Waals surface area (Å²) in [4.78, 5) is 4.12. The highest BCUT2D eigenvalue weighted by atomic mass is 16.2. The first-order chi connectivity index (χ1) is 9.40. The Morgan fingerprint density at radius 2 is 1.95 bits per heavy atom. The number of hydrogen-bond acceptors (Lipinski definition) is 3. The lowest BCUT2D eigenvalue weighted by Crippen LogP contribution is -2.21. The highest BCUT2D eigenvalue weighted by Gasteiger charge is 2.10. The monoisotopic (exact) mass is 256 g/mol. The van der Waals surface area contributed by atoms with Crippen LogP contribution in [-0.2, 0) is 6.54 Å². The van der Waals surface area contributed by atoms with Gasteiger partial charge in [0, 0.05) is 31.6 Å². The Hall–Kier alpha value is -1.71. The first kappa shape index (κ1) is 13.7. The van der Waals surface area contributed by atoms with Crippen molar-refractivity contribution in [2.24, 2.45) is 0 Å². The lowest BCUT2D eigenvalue weighted by Gasteiger charge is -2.19. The van der Waals surface area contributed by atoms with Crippen molar-refractivity contribution in [3.63, 3.8) is 0 Å². The molecule has 0 spiro atoms. The molecule has 2 aromatic rings. The van der Waals surface area contributed by atoms with Crippen LogP contribution in [0, 0.1) is 0 Å². The molecule has 0 aliphatic heterocycles. The van der Waals surface area contributed by atoms with Crippen LogP contribution in [-0.4, -0.2) is 16.7 Å². The molecule has 2 N–H and O–H groups in total. The van der Waals surface area contributed by atoms with E-state index in [1.807, 2.05) is 30.5 Å². The molecule has 19 heavy (non-hydrogen) atoms. The maximum atomic E-state index is 9.01. The van der Waals surface area contributed by atoms with Crippen molar-refractivity contribution in [1.29, 1.82) is 0 Å². The molecular weight excluding hydrogens is 236 g/mol. The Kier molecular flexibility index (Phi) is 5.53. The Balaban J connectivity index is 1.98. The molecule has 2 rings (SSSR count). The van der Waals surface area contributed by atoms with Gasteiger partial charge in [-0.25, -0.2) is 0 Å². The highest BCUT2D eigenvalue weighted by Crippen LogP contribution is 2.18. The number of nitrogens with zero attached hydrogens (tertiary/aromatic N) is 1. The van der Waals surface area contributed by atoms with Gasteiger partial charge in [0.15, 0.2) is 0 Å². The van der Waals surface area contributed by atoms with Gasteiger partial charge < -0.3 is 10.4 Å². The summed E-state index contributed by atoms with van der Waals surface area (Å²) in [5.74, 6) is 0. The normalized spacial score (nSPS) is 12.3. The van der Waals surface area contributed by atoms with Crippen molar-refractivity contribution >= 4 is 0 Å². The largest absolute Gasteiger partial charge is 0.396 e. The first-order valence-corrected chi connectivity index (χ1v) is 6.68. The average molecular weight is 256 g/mol. The van der Waals surface area contributed by atoms with Crippen LogP contribution in [0.15, 0.2) is 54.9 Å². The number of nitrogens with one attached hydrogen (secondary N) is 1. The highest BCUT2D eigenvalue weighted by molar-refractivity contribution is 5.19. The fourth-order valence-corrected chi connectivity index (χ4v) is 2.11. The van der Waals surface area contributed by atoms with E-state index in [1.165, 1.54) is 11.1 Å². The number of benzene rings is 1. The van der Waals surface area contributed by atoms with Gasteiger partial charge in [-0.2, -0.15) is 0 Å². The van der Waals surface area contributed by atoms with Crippen LogP contribution in [0.1, 0.15) is 30.0 Å². The molecule has 1 aromatic carbocycles. The minimum atomic E-state index is 0.234. The lowest BCUT2D eigenvalue weighted by atomic mass is 10.0. The number of aromatic nitrogens is 1. The lowest BCUT2D eigenvalue weighted by molar-refractivity contribution is 0.275. The summed E-state index contributed by atoms with van der Waals surface area (Å²) in [7, 11) is 0. The second-order valence-electron chi connectivity index (χ2n) is 4.57. The smallest absolute Gasteiger partial charge is 0.0431 e. The van der Waals surface area contributed by atoms with Gasteiger partial charge in [0.1, 0.15) is 0 Å². The summed E-state index contributed by atoms with van der Waals surface area (Å²) in [5.41, 5.74) is 2.44. The van der Waals surface area contributed by atoms with Gasteiger partial charge in [-0.1, -0.05) is 36.4 Å². The quantitative estimate of drug-likeness (QED) is 0.800. The second kappa shape index (κ2) is 7.67. The third kappa shape index (κ3) is 4.47. The van der Waals surface area contributed by atoms with E-state index in [2.05, 4.69) is 28.5 Å². The molecule has 0 saturated carbocycles. The zero-order valence-corrected chi connectivity index (χ0v) is 11.0. The van der Waals surface area contributed by atoms with Gasteiger partial charge in [-0.15, -0.1) is 0 Å². The zero-order valence-electron chi connectivity index (χ0n) is 11.0. The third-order valence-electron chi connectivity index (χ3n) is 3.13. The maximum absolute atomic E-state index is 9.01. The van der Waals surface area contributed by atoms with Crippen molar-refractivity contribution in [3.05, 3.63) is 66.0 Å². The molecule has 1 atom stereocenters. The Labute approximate surface area is 114 Å². The van der Waals surface area contributed by atoms with E-state index in [0.717, 1.165) is 19.4 Å². The number of aliphatic hydroxyl groups excluding tert-OH is 1. The zero-order chi connectivity index (χ0) is 13.3. The van der Waals surface area contributed by atoms with E-state index in [4.69, 9.17) is 5.11 Å². The SMILES string of the molecule is OCCCC(NCc1cccnc1)c1ccccc1. The summed E-state index contributed by atoms with van der Waals surface area (Å²) in [5, 5.41) is 12.5. The summed E-state index contributed by atoms with van der Waals surface area (Å²) in [6.45, 7) is 1.02. The minimum absolute atomic E-state index is 0.234. The van der Waals surface area contributed by atoms with Gasteiger partial charge in [-0.05, 0) is 30.0 Å².